The summed E-state index contributed by atoms with van der Waals surface area (Å²) in [6, 6.07) is 13.6. The molecule has 1 amide bonds. The minimum absolute atomic E-state index is 0.000488. The first-order valence-electron chi connectivity index (χ1n) is 9.05. The molecule has 3 aromatic rings. The maximum atomic E-state index is 13.0. The van der Waals surface area contributed by atoms with Gasteiger partial charge in [-0.15, -0.1) is 0 Å². The van der Waals surface area contributed by atoms with E-state index in [0.29, 0.717) is 15.6 Å². The van der Waals surface area contributed by atoms with Gasteiger partial charge in [0.05, 0.1) is 9.92 Å². The molecule has 0 spiro atoms. The fourth-order valence-electron chi connectivity index (χ4n) is 2.55. The monoisotopic (exact) mass is 516 g/mol. The van der Waals surface area contributed by atoms with Gasteiger partial charge in [0.2, 0.25) is 0 Å². The smallest absolute Gasteiger partial charge is 0.261 e. The van der Waals surface area contributed by atoms with Gasteiger partial charge in [-0.3, -0.25) is 9.52 Å². The fourth-order valence-corrected chi connectivity index (χ4v) is 4.41. The van der Waals surface area contributed by atoms with E-state index in [2.05, 4.69) is 10.0 Å². The second-order valence-electron chi connectivity index (χ2n) is 6.51. The van der Waals surface area contributed by atoms with Crippen molar-refractivity contribution >= 4 is 56.4 Å². The molecule has 6 nitrogen and oxygen atoms in total. The van der Waals surface area contributed by atoms with Gasteiger partial charge in [0, 0.05) is 22.3 Å². The van der Waals surface area contributed by atoms with Crippen LogP contribution in [0.5, 0.6) is 5.75 Å². The van der Waals surface area contributed by atoms with E-state index in [0.717, 1.165) is 12.1 Å². The van der Waals surface area contributed by atoms with E-state index in [9.17, 15) is 17.6 Å². The van der Waals surface area contributed by atoms with Crippen LogP contribution in [0.3, 0.4) is 0 Å². The van der Waals surface area contributed by atoms with Gasteiger partial charge in [0.15, 0.2) is 6.61 Å². The first kappa shape index (κ1) is 24.1. The van der Waals surface area contributed by atoms with Gasteiger partial charge in [-0.1, -0.05) is 40.9 Å². The van der Waals surface area contributed by atoms with Crippen LogP contribution in [0.4, 0.5) is 10.1 Å². The lowest BCUT2D eigenvalue weighted by Crippen LogP contribution is -2.28. The molecule has 0 saturated carbocycles. The van der Waals surface area contributed by atoms with Gasteiger partial charge >= 0.3 is 0 Å². The molecule has 3 rings (SSSR count). The van der Waals surface area contributed by atoms with Crippen LogP contribution in [-0.2, 0) is 21.4 Å². The van der Waals surface area contributed by atoms with Crippen LogP contribution in [0, 0.1) is 5.82 Å². The molecule has 0 fully saturated rings. The van der Waals surface area contributed by atoms with Gasteiger partial charge in [-0.2, -0.15) is 0 Å². The molecule has 0 aliphatic heterocycles. The van der Waals surface area contributed by atoms with Gasteiger partial charge in [-0.25, -0.2) is 12.8 Å². The lowest BCUT2D eigenvalue weighted by atomic mass is 10.2. The second-order valence-corrected chi connectivity index (χ2v) is 9.44. The minimum Gasteiger partial charge on any atom is -0.482 e. The molecule has 0 aliphatic rings. The van der Waals surface area contributed by atoms with Crippen molar-refractivity contribution in [3.8, 4) is 5.75 Å². The first-order chi connectivity index (χ1) is 15.1. The number of hydrogen-bond acceptors (Lipinski definition) is 4. The van der Waals surface area contributed by atoms with Crippen molar-refractivity contribution in [2.75, 3.05) is 11.3 Å². The van der Waals surface area contributed by atoms with Gasteiger partial charge in [-0.05, 0) is 60.2 Å². The molecule has 0 unspecified atom stereocenters. The molecule has 0 aliphatic carbocycles. The zero-order valence-corrected chi connectivity index (χ0v) is 19.3. The Morgan fingerprint density at radius 3 is 2.31 bits per heavy atom. The summed E-state index contributed by atoms with van der Waals surface area (Å²) in [7, 11) is -3.96. The van der Waals surface area contributed by atoms with Crippen molar-refractivity contribution in [3.05, 3.63) is 87.1 Å². The highest BCUT2D eigenvalue weighted by Crippen LogP contribution is 2.28. The number of sulfonamides is 1. The lowest BCUT2D eigenvalue weighted by Gasteiger charge is -2.12. The third kappa shape index (κ3) is 6.49. The van der Waals surface area contributed by atoms with E-state index >= 15 is 0 Å². The molecule has 11 heteroatoms. The summed E-state index contributed by atoms with van der Waals surface area (Å²) in [6.45, 7) is -0.164. The Balaban J connectivity index is 1.58. The highest BCUT2D eigenvalue weighted by Gasteiger charge is 2.17. The molecular formula is C21H16Cl3FN2O4S. The number of rotatable bonds is 8. The van der Waals surface area contributed by atoms with Crippen molar-refractivity contribution in [2.45, 2.75) is 11.4 Å². The predicted octanol–water partition coefficient (Wildman–Crippen LogP) is 5.28. The number of carbonyl (C=O) groups is 1. The summed E-state index contributed by atoms with van der Waals surface area (Å²) in [5.74, 6) is -0.786. The largest absolute Gasteiger partial charge is 0.482 e. The van der Waals surface area contributed by atoms with Crippen LogP contribution in [0.15, 0.2) is 65.6 Å². The highest BCUT2D eigenvalue weighted by atomic mass is 35.5. The number of hydrogen-bond donors (Lipinski definition) is 2. The van der Waals surface area contributed by atoms with Gasteiger partial charge < -0.3 is 10.1 Å². The molecule has 0 aromatic heterocycles. The predicted molar refractivity (Wildman–Crippen MR) is 122 cm³/mol. The molecule has 3 aromatic carbocycles. The SMILES string of the molecule is O=C(COc1ccc(S(=O)(=O)Nc2ccc(F)cc2)cc1Cl)NCc1ccc(Cl)cc1Cl. The number of carbonyl (C=O) groups excluding carboxylic acids is 1. The Labute approximate surface area is 199 Å². The molecule has 0 radical (unpaired) electrons. The summed E-state index contributed by atoms with van der Waals surface area (Å²) in [5, 5.41) is 3.56. The quantitative estimate of drug-likeness (QED) is 0.426. The highest BCUT2D eigenvalue weighted by molar-refractivity contribution is 7.92. The van der Waals surface area contributed by atoms with Crippen LogP contribution in [-0.4, -0.2) is 20.9 Å². The normalized spacial score (nSPS) is 11.1. The Morgan fingerprint density at radius 2 is 1.66 bits per heavy atom. The molecule has 0 heterocycles. The van der Waals surface area contributed by atoms with E-state index in [1.165, 1.54) is 30.3 Å². The summed E-state index contributed by atoms with van der Waals surface area (Å²) >= 11 is 18.0. The maximum Gasteiger partial charge on any atom is 0.261 e. The first-order valence-corrected chi connectivity index (χ1v) is 11.7. The van der Waals surface area contributed by atoms with E-state index in [4.69, 9.17) is 39.5 Å². The van der Waals surface area contributed by atoms with Crippen LogP contribution >= 0.6 is 34.8 Å². The van der Waals surface area contributed by atoms with Crippen LogP contribution in [0.1, 0.15) is 5.56 Å². The Bertz CT molecular complexity index is 1240. The summed E-state index contributed by atoms with van der Waals surface area (Å²) in [5.41, 5.74) is 0.881. The number of amides is 1. The molecule has 2 N–H and O–H groups in total. The zero-order valence-electron chi connectivity index (χ0n) is 16.2. The van der Waals surface area contributed by atoms with Crippen molar-refractivity contribution in [2.24, 2.45) is 0 Å². The fraction of sp³-hybridized carbons (Fsp3) is 0.0952. The number of ether oxygens (including phenoxy) is 1. The molecule has 0 bridgehead atoms. The van der Waals surface area contributed by atoms with Crippen molar-refractivity contribution in [3.63, 3.8) is 0 Å². The van der Waals surface area contributed by atoms with E-state index in [1.54, 1.807) is 18.2 Å². The average molecular weight is 518 g/mol. The minimum atomic E-state index is -3.96. The molecule has 0 atom stereocenters. The molecule has 0 saturated heterocycles. The summed E-state index contributed by atoms with van der Waals surface area (Å²) in [6.07, 6.45) is 0. The average Bonchev–Trinajstić information content (AvgIpc) is 2.73. The topological polar surface area (TPSA) is 84.5 Å². The number of anilines is 1. The lowest BCUT2D eigenvalue weighted by molar-refractivity contribution is -0.123. The zero-order chi connectivity index (χ0) is 23.3. The van der Waals surface area contributed by atoms with Crippen molar-refractivity contribution in [1.29, 1.82) is 0 Å². The molecule has 32 heavy (non-hydrogen) atoms. The van der Waals surface area contributed by atoms with Crippen molar-refractivity contribution in [1.82, 2.24) is 5.32 Å². The Kier molecular flexibility index (Phi) is 7.84. The number of benzene rings is 3. The van der Waals surface area contributed by atoms with Crippen LogP contribution in [0.2, 0.25) is 15.1 Å². The maximum absolute atomic E-state index is 13.0. The second kappa shape index (κ2) is 10.4. The van der Waals surface area contributed by atoms with E-state index in [1.807, 2.05) is 0 Å². The van der Waals surface area contributed by atoms with Crippen LogP contribution in [0.25, 0.3) is 0 Å². The number of nitrogens with one attached hydrogen (secondary N) is 2. The molecule has 168 valence electrons. The summed E-state index contributed by atoms with van der Waals surface area (Å²) < 4.78 is 45.7. The third-order valence-electron chi connectivity index (χ3n) is 4.16. The van der Waals surface area contributed by atoms with E-state index < -0.39 is 21.7 Å². The Morgan fingerprint density at radius 1 is 0.938 bits per heavy atom. The van der Waals surface area contributed by atoms with Crippen molar-refractivity contribution < 1.29 is 22.3 Å². The Hall–Kier alpha value is -2.52. The van der Waals surface area contributed by atoms with Gasteiger partial charge in [0.1, 0.15) is 11.6 Å². The molecular weight excluding hydrogens is 502 g/mol. The summed E-state index contributed by atoms with van der Waals surface area (Å²) in [4.78, 5) is 11.9. The van der Waals surface area contributed by atoms with Crippen LogP contribution < -0.4 is 14.8 Å². The van der Waals surface area contributed by atoms with Gasteiger partial charge in [0.25, 0.3) is 15.9 Å². The third-order valence-corrected chi connectivity index (χ3v) is 6.42. The standard InChI is InChI=1S/C21H16Cl3FN2O4S/c22-14-2-1-13(18(23)9-14)11-26-21(28)12-31-20-8-7-17(10-19(20)24)32(29,30)27-16-5-3-15(25)4-6-16/h1-10,27H,11-12H2,(H,26,28). The number of halogens is 4. The van der Waals surface area contributed by atoms with E-state index in [-0.39, 0.29) is 34.5 Å².